The highest BCUT2D eigenvalue weighted by atomic mass is 32.2. The van der Waals surface area contributed by atoms with Gasteiger partial charge in [0.15, 0.2) is 9.84 Å². The van der Waals surface area contributed by atoms with E-state index in [9.17, 15) is 13.2 Å². The Balaban J connectivity index is 1.55. The van der Waals surface area contributed by atoms with Crippen molar-refractivity contribution < 1.29 is 17.6 Å². The second kappa shape index (κ2) is 6.62. The molecular formula is C13H15N3O4S3. The zero-order chi connectivity index (χ0) is 16.4. The molecule has 0 N–H and O–H groups in total. The number of amides is 1. The van der Waals surface area contributed by atoms with Crippen LogP contribution in [0, 0.1) is 0 Å². The number of sulfone groups is 1. The topological polar surface area (TPSA) is 93.4 Å². The molecule has 0 spiro atoms. The molecule has 1 aliphatic heterocycles. The summed E-state index contributed by atoms with van der Waals surface area (Å²) in [7, 11) is -1.37. The molecule has 1 aliphatic rings. The first kappa shape index (κ1) is 16.5. The average Bonchev–Trinajstić information content (AvgIpc) is 3.23. The van der Waals surface area contributed by atoms with Crippen molar-refractivity contribution in [2.45, 2.75) is 17.7 Å². The van der Waals surface area contributed by atoms with Crippen molar-refractivity contribution in [2.24, 2.45) is 0 Å². The molecule has 3 heterocycles. The van der Waals surface area contributed by atoms with Gasteiger partial charge in [-0.25, -0.2) is 8.42 Å². The van der Waals surface area contributed by atoms with Gasteiger partial charge >= 0.3 is 0 Å². The molecule has 7 nitrogen and oxygen atoms in total. The molecule has 0 bridgehead atoms. The Morgan fingerprint density at radius 2 is 2.35 bits per heavy atom. The summed E-state index contributed by atoms with van der Waals surface area (Å²) in [5, 5.41) is 10.1. The minimum absolute atomic E-state index is 0.0446. The summed E-state index contributed by atoms with van der Waals surface area (Å²) in [4.78, 5) is 14.6. The van der Waals surface area contributed by atoms with Crippen LogP contribution in [0.25, 0.3) is 10.8 Å². The normalized spacial score (nSPS) is 19.8. The Bertz CT molecular complexity index is 785. The van der Waals surface area contributed by atoms with E-state index in [4.69, 9.17) is 4.42 Å². The third-order valence-electron chi connectivity index (χ3n) is 3.61. The third kappa shape index (κ3) is 3.93. The fraction of sp³-hybridized carbons (Fsp3) is 0.462. The number of nitrogens with zero attached hydrogens (tertiary/aromatic N) is 3. The van der Waals surface area contributed by atoms with Crippen molar-refractivity contribution >= 4 is 38.8 Å². The van der Waals surface area contributed by atoms with Crippen molar-refractivity contribution in [2.75, 3.05) is 24.3 Å². The summed E-state index contributed by atoms with van der Waals surface area (Å²) in [6.07, 6.45) is 0.498. The van der Waals surface area contributed by atoms with Crippen LogP contribution in [0.5, 0.6) is 0 Å². The molecule has 3 rings (SSSR count). The first-order valence-electron chi connectivity index (χ1n) is 6.91. The average molecular weight is 373 g/mol. The summed E-state index contributed by atoms with van der Waals surface area (Å²) < 4.78 is 28.5. The Morgan fingerprint density at radius 1 is 1.52 bits per heavy atom. The highest BCUT2D eigenvalue weighted by Crippen LogP contribution is 2.27. The van der Waals surface area contributed by atoms with Gasteiger partial charge in [0.1, 0.15) is 0 Å². The Hall–Kier alpha value is -1.39. The van der Waals surface area contributed by atoms with Gasteiger partial charge in [-0.3, -0.25) is 4.79 Å². The summed E-state index contributed by atoms with van der Waals surface area (Å²) >= 11 is 2.66. The number of hydrogen-bond donors (Lipinski definition) is 0. The van der Waals surface area contributed by atoms with Crippen LogP contribution in [0.3, 0.4) is 0 Å². The molecule has 1 saturated heterocycles. The second-order valence-electron chi connectivity index (χ2n) is 5.20. The van der Waals surface area contributed by atoms with E-state index in [-0.39, 0.29) is 29.2 Å². The maximum Gasteiger partial charge on any atom is 0.277 e. The largest absolute Gasteiger partial charge is 0.410 e. The van der Waals surface area contributed by atoms with Crippen LogP contribution >= 0.6 is 23.1 Å². The first-order chi connectivity index (χ1) is 10.9. The van der Waals surface area contributed by atoms with Crippen LogP contribution in [-0.4, -0.2) is 59.8 Å². The van der Waals surface area contributed by atoms with E-state index in [2.05, 4.69) is 10.2 Å². The molecule has 0 aromatic carbocycles. The third-order valence-corrected chi connectivity index (χ3v) is 7.02. The minimum atomic E-state index is -3.00. The molecule has 0 saturated carbocycles. The van der Waals surface area contributed by atoms with Gasteiger partial charge in [-0.2, -0.15) is 0 Å². The first-order valence-corrected chi connectivity index (χ1v) is 10.6. The zero-order valence-electron chi connectivity index (χ0n) is 12.3. The van der Waals surface area contributed by atoms with Crippen LogP contribution in [-0.2, 0) is 14.6 Å². The van der Waals surface area contributed by atoms with Crippen LogP contribution in [0.2, 0.25) is 0 Å². The van der Waals surface area contributed by atoms with Crippen LogP contribution in [0.1, 0.15) is 6.42 Å². The number of carbonyl (C=O) groups excluding carboxylic acids is 1. The lowest BCUT2D eigenvalue weighted by Gasteiger charge is -2.22. The Labute approximate surface area is 142 Å². The molecule has 1 atom stereocenters. The maximum absolute atomic E-state index is 12.2. The van der Waals surface area contributed by atoms with Crippen LogP contribution in [0.4, 0.5) is 0 Å². The van der Waals surface area contributed by atoms with E-state index >= 15 is 0 Å². The van der Waals surface area contributed by atoms with E-state index in [1.165, 1.54) is 16.2 Å². The molecule has 1 unspecified atom stereocenters. The van der Waals surface area contributed by atoms with E-state index in [1.54, 1.807) is 7.05 Å². The summed E-state index contributed by atoms with van der Waals surface area (Å²) in [5.41, 5.74) is 0. The number of thiophene rings is 1. The maximum atomic E-state index is 12.2. The molecule has 23 heavy (non-hydrogen) atoms. The predicted molar refractivity (Wildman–Crippen MR) is 88.2 cm³/mol. The van der Waals surface area contributed by atoms with Gasteiger partial charge in [0.05, 0.1) is 22.1 Å². The lowest BCUT2D eigenvalue weighted by atomic mass is 10.2. The quantitative estimate of drug-likeness (QED) is 0.734. The van der Waals surface area contributed by atoms with Gasteiger partial charge < -0.3 is 9.32 Å². The van der Waals surface area contributed by atoms with E-state index < -0.39 is 9.84 Å². The lowest BCUT2D eigenvalue weighted by Crippen LogP contribution is -2.38. The molecule has 1 fully saturated rings. The van der Waals surface area contributed by atoms with E-state index in [0.29, 0.717) is 17.5 Å². The molecule has 2 aromatic rings. The van der Waals surface area contributed by atoms with E-state index in [1.807, 2.05) is 17.5 Å². The molecule has 2 aromatic heterocycles. The highest BCUT2D eigenvalue weighted by Gasteiger charge is 2.32. The summed E-state index contributed by atoms with van der Waals surface area (Å²) in [6, 6.07) is 3.54. The molecule has 124 valence electrons. The second-order valence-corrected chi connectivity index (χ2v) is 9.30. The minimum Gasteiger partial charge on any atom is -0.410 e. The van der Waals surface area contributed by atoms with Gasteiger partial charge in [0.2, 0.25) is 5.91 Å². The molecular weight excluding hydrogens is 358 g/mol. The van der Waals surface area contributed by atoms with Gasteiger partial charge in [-0.15, -0.1) is 21.5 Å². The predicted octanol–water partition coefficient (Wildman–Crippen LogP) is 1.54. The highest BCUT2D eigenvalue weighted by molar-refractivity contribution is 7.99. The number of thioether (sulfide) groups is 1. The van der Waals surface area contributed by atoms with Crippen molar-refractivity contribution in [1.82, 2.24) is 15.1 Å². The number of aromatic nitrogens is 2. The monoisotopic (exact) mass is 373 g/mol. The Kier molecular flexibility index (Phi) is 4.74. The van der Waals surface area contributed by atoms with Crippen molar-refractivity contribution in [1.29, 1.82) is 0 Å². The van der Waals surface area contributed by atoms with Gasteiger partial charge in [0.25, 0.3) is 11.1 Å². The number of hydrogen-bond acceptors (Lipinski definition) is 8. The van der Waals surface area contributed by atoms with Crippen molar-refractivity contribution in [3.8, 4) is 10.8 Å². The van der Waals surface area contributed by atoms with Gasteiger partial charge in [-0.1, -0.05) is 17.8 Å². The van der Waals surface area contributed by atoms with Crippen molar-refractivity contribution in [3.05, 3.63) is 17.5 Å². The summed E-state index contributed by atoms with van der Waals surface area (Å²) in [5.74, 6) is 0.622. The van der Waals surface area contributed by atoms with E-state index in [0.717, 1.165) is 16.6 Å². The molecule has 10 heteroatoms. The fourth-order valence-electron chi connectivity index (χ4n) is 2.28. The number of carbonyl (C=O) groups is 1. The zero-order valence-corrected chi connectivity index (χ0v) is 14.8. The van der Waals surface area contributed by atoms with Gasteiger partial charge in [0, 0.05) is 13.1 Å². The van der Waals surface area contributed by atoms with Crippen molar-refractivity contribution in [3.63, 3.8) is 0 Å². The number of rotatable bonds is 5. The van der Waals surface area contributed by atoms with Gasteiger partial charge in [-0.05, 0) is 17.9 Å². The standard InChI is InChI=1S/C13H15N3O4S3/c1-16(9-4-6-23(18,19)8-9)11(17)7-22-13-15-14-12(20-13)10-3-2-5-21-10/h2-3,5,9H,4,6-8H2,1H3. The SMILES string of the molecule is CN(C(=O)CSc1nnc(-c2cccs2)o1)C1CCS(=O)(=O)C1. The Morgan fingerprint density at radius 3 is 3.00 bits per heavy atom. The smallest absolute Gasteiger partial charge is 0.277 e. The molecule has 1 amide bonds. The van der Waals surface area contributed by atoms with Crippen LogP contribution in [0.15, 0.2) is 27.2 Å². The molecule has 0 radical (unpaired) electrons. The lowest BCUT2D eigenvalue weighted by molar-refractivity contribution is -0.128. The fourth-order valence-corrected chi connectivity index (χ4v) is 5.38. The van der Waals surface area contributed by atoms with Crippen LogP contribution < -0.4 is 0 Å². The summed E-state index contributed by atoms with van der Waals surface area (Å²) in [6.45, 7) is 0. The molecule has 0 aliphatic carbocycles.